The Kier molecular flexibility index (Phi) is 8.90. The molecule has 1 saturated heterocycles. The Morgan fingerprint density at radius 2 is 1.73 bits per heavy atom. The number of aryl methyl sites for hydroxylation is 1. The SMILES string of the molecule is CCOc1cc(C(=O)N2CCC3(CC2)CC(=O)c2cc(-c4nnn(C(C)C(C)(C)C(=O)O)n4)ccc2O3)cc(OCC)c1-c1cnn(C)c1. The van der Waals surface area contributed by atoms with Crippen LogP contribution < -0.4 is 14.2 Å². The number of piperidine rings is 1. The molecule has 0 aliphatic carbocycles. The van der Waals surface area contributed by atoms with Gasteiger partial charge in [-0.15, -0.1) is 10.2 Å². The Labute approximate surface area is 283 Å². The fraction of sp³-hybridized carbons (Fsp3) is 0.457. The lowest BCUT2D eigenvalue weighted by Gasteiger charge is -2.44. The molecule has 2 aromatic carbocycles. The second kappa shape index (κ2) is 13.0. The average Bonchev–Trinajstić information content (AvgIpc) is 3.74. The standard InChI is InChI=1S/C35H41N7O7/c1-7-47-28-16-23(17-29(48-8-2)30(28)24-19-36-40(6)20-24)32(44)41-13-11-35(12-14-41)18-26(43)25-15-22(9-10-27(25)49-35)31-37-39-42(38-31)21(3)34(4,5)33(45)46/h9-10,15-17,19-21H,7-8,11-14,18H2,1-6H3,(H,45,46). The van der Waals surface area contributed by atoms with E-state index in [1.165, 1.54) is 4.80 Å². The third kappa shape index (κ3) is 6.34. The molecule has 2 aliphatic heterocycles. The molecule has 1 atom stereocenters. The highest BCUT2D eigenvalue weighted by atomic mass is 16.5. The highest BCUT2D eigenvalue weighted by Gasteiger charge is 2.44. The van der Waals surface area contributed by atoms with Gasteiger partial charge in [0.15, 0.2) is 5.78 Å². The lowest BCUT2D eigenvalue weighted by atomic mass is 9.82. The molecule has 1 amide bonds. The first-order valence-corrected chi connectivity index (χ1v) is 16.5. The van der Waals surface area contributed by atoms with Gasteiger partial charge < -0.3 is 24.2 Å². The van der Waals surface area contributed by atoms with Crippen molar-refractivity contribution in [1.29, 1.82) is 0 Å². The van der Waals surface area contributed by atoms with E-state index in [-0.39, 0.29) is 23.9 Å². The van der Waals surface area contributed by atoms with Crippen molar-refractivity contribution < 1.29 is 33.7 Å². The van der Waals surface area contributed by atoms with Gasteiger partial charge in [-0.1, -0.05) is 0 Å². The summed E-state index contributed by atoms with van der Waals surface area (Å²) in [5.74, 6) is 0.665. The molecule has 1 N–H and O–H groups in total. The van der Waals surface area contributed by atoms with Gasteiger partial charge >= 0.3 is 5.97 Å². The molecule has 1 unspecified atom stereocenters. The van der Waals surface area contributed by atoms with Gasteiger partial charge in [0.1, 0.15) is 22.8 Å². The van der Waals surface area contributed by atoms with Gasteiger partial charge in [-0.3, -0.25) is 19.1 Å². The second-order valence-electron chi connectivity index (χ2n) is 13.1. The van der Waals surface area contributed by atoms with Crippen molar-refractivity contribution in [3.63, 3.8) is 0 Å². The maximum absolute atomic E-state index is 13.8. The zero-order chi connectivity index (χ0) is 35.1. The van der Waals surface area contributed by atoms with Crippen molar-refractivity contribution in [2.75, 3.05) is 26.3 Å². The number of likely N-dealkylation sites (tertiary alicyclic amines) is 1. The minimum absolute atomic E-state index is 0.0654. The summed E-state index contributed by atoms with van der Waals surface area (Å²) in [6.45, 7) is 10.4. The van der Waals surface area contributed by atoms with E-state index < -0.39 is 23.0 Å². The maximum Gasteiger partial charge on any atom is 0.311 e. The largest absolute Gasteiger partial charge is 0.493 e. The number of carboxylic acids is 1. The number of benzene rings is 2. The van der Waals surface area contributed by atoms with Crippen molar-refractivity contribution in [2.45, 2.75) is 65.5 Å². The number of amides is 1. The molecule has 14 nitrogen and oxygen atoms in total. The molecule has 0 radical (unpaired) electrons. The third-order valence-corrected chi connectivity index (χ3v) is 9.59. The molecule has 14 heteroatoms. The zero-order valence-electron chi connectivity index (χ0n) is 28.6. The van der Waals surface area contributed by atoms with E-state index in [9.17, 15) is 19.5 Å². The van der Waals surface area contributed by atoms with Crippen LogP contribution in [0.5, 0.6) is 17.2 Å². The quantitative estimate of drug-likeness (QED) is 0.245. The van der Waals surface area contributed by atoms with Crippen molar-refractivity contribution in [3.8, 4) is 39.8 Å². The average molecular weight is 672 g/mol. The van der Waals surface area contributed by atoms with Gasteiger partial charge in [0.2, 0.25) is 5.82 Å². The van der Waals surface area contributed by atoms with Crippen LogP contribution in [0.3, 0.4) is 0 Å². The number of nitrogens with zero attached hydrogens (tertiary/aromatic N) is 7. The highest BCUT2D eigenvalue weighted by Crippen LogP contribution is 2.43. The van der Waals surface area contributed by atoms with Gasteiger partial charge in [-0.25, -0.2) is 0 Å². The van der Waals surface area contributed by atoms with Crippen molar-refractivity contribution in [1.82, 2.24) is 34.9 Å². The topological polar surface area (TPSA) is 164 Å². The lowest BCUT2D eigenvalue weighted by Crippen LogP contribution is -2.52. The van der Waals surface area contributed by atoms with Gasteiger partial charge in [-0.05, 0) is 70.2 Å². The summed E-state index contributed by atoms with van der Waals surface area (Å²) in [6, 6.07) is 8.15. The summed E-state index contributed by atoms with van der Waals surface area (Å²) in [5, 5.41) is 26.5. The monoisotopic (exact) mass is 671 g/mol. The number of hydrogen-bond donors (Lipinski definition) is 1. The Bertz CT molecular complexity index is 1880. The predicted octanol–water partition coefficient (Wildman–Crippen LogP) is 4.85. The van der Waals surface area contributed by atoms with Crippen LogP contribution in [0.25, 0.3) is 22.5 Å². The van der Waals surface area contributed by atoms with Crippen molar-refractivity contribution >= 4 is 17.7 Å². The summed E-state index contributed by atoms with van der Waals surface area (Å²) >= 11 is 0. The summed E-state index contributed by atoms with van der Waals surface area (Å²) in [4.78, 5) is 42.1. The highest BCUT2D eigenvalue weighted by molar-refractivity contribution is 6.01. The Balaban J connectivity index is 1.17. The van der Waals surface area contributed by atoms with E-state index in [1.807, 2.05) is 27.1 Å². The van der Waals surface area contributed by atoms with Crippen LogP contribution in [0, 0.1) is 5.41 Å². The van der Waals surface area contributed by atoms with E-state index in [2.05, 4.69) is 20.5 Å². The normalized spacial score (nSPS) is 16.2. The third-order valence-electron chi connectivity index (χ3n) is 9.59. The summed E-state index contributed by atoms with van der Waals surface area (Å²) in [7, 11) is 1.84. The van der Waals surface area contributed by atoms with E-state index >= 15 is 0 Å². The van der Waals surface area contributed by atoms with Crippen molar-refractivity contribution in [3.05, 3.63) is 53.9 Å². The Morgan fingerprint density at radius 3 is 2.33 bits per heavy atom. The zero-order valence-corrected chi connectivity index (χ0v) is 28.6. The number of Topliss-reactive ketones (excluding diaryl/α,β-unsaturated/α-hetero) is 1. The predicted molar refractivity (Wildman–Crippen MR) is 178 cm³/mol. The molecule has 4 heterocycles. The summed E-state index contributed by atoms with van der Waals surface area (Å²) in [6.07, 6.45) is 4.78. The van der Waals surface area contributed by atoms with Crippen LogP contribution >= 0.6 is 0 Å². The number of hydrogen-bond acceptors (Lipinski definition) is 10. The minimum atomic E-state index is -1.12. The molecule has 2 aromatic heterocycles. The lowest BCUT2D eigenvalue weighted by molar-refractivity contribution is -0.149. The number of tetrazole rings is 1. The number of carbonyl (C=O) groups is 3. The first kappa shape index (κ1) is 33.6. The number of ether oxygens (including phenoxy) is 3. The molecular weight excluding hydrogens is 630 g/mol. The maximum atomic E-state index is 13.8. The van der Waals surface area contributed by atoms with E-state index in [1.54, 1.807) is 66.9 Å². The summed E-state index contributed by atoms with van der Waals surface area (Å²) < 4.78 is 20.2. The van der Waals surface area contributed by atoms with Gasteiger partial charge in [-0.2, -0.15) is 9.90 Å². The Hall–Kier alpha value is -5.27. The van der Waals surface area contributed by atoms with Crippen LogP contribution in [-0.2, 0) is 11.8 Å². The number of aromatic nitrogens is 6. The molecule has 6 rings (SSSR count). The molecule has 0 saturated carbocycles. The fourth-order valence-electron chi connectivity index (χ4n) is 6.27. The second-order valence-corrected chi connectivity index (χ2v) is 13.1. The molecular formula is C35H41N7O7. The number of rotatable bonds is 10. The van der Waals surface area contributed by atoms with Crippen LogP contribution in [-0.4, -0.2) is 89.6 Å². The van der Waals surface area contributed by atoms with E-state index in [0.29, 0.717) is 73.1 Å². The molecule has 49 heavy (non-hydrogen) atoms. The van der Waals surface area contributed by atoms with Gasteiger partial charge in [0.25, 0.3) is 5.91 Å². The number of carboxylic acid groups (broad SMARTS) is 1. The number of carbonyl (C=O) groups excluding carboxylic acids is 2. The van der Waals surface area contributed by atoms with Gasteiger partial charge in [0.05, 0.1) is 48.4 Å². The first-order chi connectivity index (χ1) is 23.4. The van der Waals surface area contributed by atoms with Crippen molar-refractivity contribution in [2.24, 2.45) is 12.5 Å². The molecule has 1 spiro atoms. The smallest absolute Gasteiger partial charge is 0.311 e. The summed E-state index contributed by atoms with van der Waals surface area (Å²) in [5.41, 5.74) is 1.20. The number of fused-ring (bicyclic) bond motifs is 1. The minimum Gasteiger partial charge on any atom is -0.493 e. The van der Waals surface area contributed by atoms with Gasteiger partial charge in [0, 0.05) is 55.9 Å². The first-order valence-electron chi connectivity index (χ1n) is 16.5. The number of aliphatic carboxylic acids is 1. The fourth-order valence-corrected chi connectivity index (χ4v) is 6.27. The van der Waals surface area contributed by atoms with E-state index in [0.717, 1.165) is 11.1 Å². The molecule has 258 valence electrons. The van der Waals surface area contributed by atoms with E-state index in [4.69, 9.17) is 14.2 Å². The number of ketones is 1. The molecule has 1 fully saturated rings. The van der Waals surface area contributed by atoms with Crippen LogP contribution in [0.2, 0.25) is 0 Å². The van der Waals surface area contributed by atoms with Crippen LogP contribution in [0.15, 0.2) is 42.7 Å². The molecule has 2 aliphatic rings. The molecule has 4 aromatic rings. The molecule has 0 bridgehead atoms. The Morgan fingerprint density at radius 1 is 1.06 bits per heavy atom. The van der Waals surface area contributed by atoms with Crippen LogP contribution in [0.4, 0.5) is 0 Å². The van der Waals surface area contributed by atoms with Crippen LogP contribution in [0.1, 0.15) is 80.6 Å².